The number of nitrogens with one attached hydrogen (secondary N) is 5. The number of benzene rings is 4. The third-order valence-corrected chi connectivity index (χ3v) is 17.3. The molecule has 3 saturated heterocycles. The number of fused-ring (bicyclic) bond motifs is 2. The number of amides is 8. The summed E-state index contributed by atoms with van der Waals surface area (Å²) in [7, 11) is 1.66. The number of unbranched alkanes of at least 4 members (excludes halogenated alkanes) is 1. The van der Waals surface area contributed by atoms with Gasteiger partial charge in [0.25, 0.3) is 18.2 Å². The van der Waals surface area contributed by atoms with Crippen molar-refractivity contribution in [3.63, 3.8) is 0 Å². The van der Waals surface area contributed by atoms with E-state index in [2.05, 4.69) is 46.2 Å². The molecule has 3 aliphatic heterocycles. The van der Waals surface area contributed by atoms with Crippen LogP contribution in [0.2, 0.25) is 0 Å². The van der Waals surface area contributed by atoms with E-state index in [9.17, 15) is 79.4 Å². The Morgan fingerprint density at radius 2 is 1.35 bits per heavy atom. The summed E-state index contributed by atoms with van der Waals surface area (Å²) in [5, 5.41) is 114. The fourth-order valence-corrected chi connectivity index (χ4v) is 12.1. The summed E-state index contributed by atoms with van der Waals surface area (Å²) in [5.41, 5.74) is 8.80. The molecule has 34 heteroatoms. The van der Waals surface area contributed by atoms with Crippen molar-refractivity contribution in [3.8, 4) is 49.5 Å². The Labute approximate surface area is 574 Å². The van der Waals surface area contributed by atoms with E-state index < -0.39 is 177 Å². The Morgan fingerprint density at radius 1 is 0.747 bits per heavy atom. The number of carbonyl (C=O) groups is 8. The van der Waals surface area contributed by atoms with Gasteiger partial charge in [0.1, 0.15) is 52.0 Å². The Hall–Kier alpha value is -7.45. The molecule has 13 atom stereocenters. The summed E-state index contributed by atoms with van der Waals surface area (Å²) < 4.78 is 20.1. The van der Waals surface area contributed by atoms with E-state index in [1.807, 2.05) is 48.5 Å². The van der Waals surface area contributed by atoms with E-state index in [-0.39, 0.29) is 58.8 Å². The number of aliphatic hydroxyl groups is 6. The van der Waals surface area contributed by atoms with Crippen molar-refractivity contribution in [1.82, 2.24) is 46.6 Å². The summed E-state index contributed by atoms with van der Waals surface area (Å²) >= 11 is 1.28. The van der Waals surface area contributed by atoms with E-state index in [4.69, 9.17) is 19.4 Å². The minimum absolute atomic E-state index is 0. The summed E-state index contributed by atoms with van der Waals surface area (Å²) in [6.45, 7) is 2.09. The molecule has 0 spiro atoms. The standard InChI is InChI=1S/C61H74N10O21S2.Na/c1-30-28-71-51(52(30)79)57(84)63-27-38(73)24-41(64-53(80)35-9-13-37(14-10-35)59-69-68-58(93-59)36-11-7-33(8-12-36)34-15-17-40(18-16-34)89-21-5-4-20-88-3)54(81)65-48(31(2)72)60(85)70-29-39(74)25-42(70)55(82)66-49(56(83)67-50(61(71)86)45(77)26-47(62)78)44(76)22-32-6-19-43(75)46(23-32)90-94-92-91-87;/h6-19,23,30-31,38-39,41-42,44-45,48-52,72-77,79,87H,4-5,20-22,24-29H2,1-3H3,(H2,62,78)(H,63,84)(H,64,80)(H,65,81)(H,66,82)(H,67,83);/q;+1/p-1/t30?,31?,38?,39?,41-,42?,44?,45?,48?,49?,50?,51?,52?;/m0./s1. The molecule has 95 heavy (non-hydrogen) atoms. The van der Waals surface area contributed by atoms with Crippen molar-refractivity contribution in [2.75, 3.05) is 40.0 Å². The number of methoxy groups -OCH3 is 1. The van der Waals surface area contributed by atoms with Crippen LogP contribution in [-0.4, -0.2) is 216 Å². The van der Waals surface area contributed by atoms with E-state index in [1.54, 1.807) is 19.2 Å². The fourth-order valence-electron chi connectivity index (χ4n) is 11.0. The summed E-state index contributed by atoms with van der Waals surface area (Å²) in [5.74, 6) is -10.5. The van der Waals surface area contributed by atoms with Crippen LogP contribution < -0.4 is 76.1 Å². The normalized spacial score (nSPS) is 24.1. The molecular formula is C61H73N10NaO21S2. The molecule has 0 bridgehead atoms. The van der Waals surface area contributed by atoms with Crippen molar-refractivity contribution in [2.45, 2.75) is 125 Å². The van der Waals surface area contributed by atoms with E-state index in [1.165, 1.54) is 36.5 Å². The zero-order valence-corrected chi connectivity index (χ0v) is 55.6. The maximum atomic E-state index is 14.7. The van der Waals surface area contributed by atoms with Crippen molar-refractivity contribution < 1.29 is 132 Å². The quantitative estimate of drug-likeness (QED) is 0.0101. The number of phenols is 1. The summed E-state index contributed by atoms with van der Waals surface area (Å²) in [6, 6.07) is 13.3. The van der Waals surface area contributed by atoms with E-state index in [0.29, 0.717) is 28.8 Å². The number of rotatable bonds is 22. The number of primary amides is 1. The Kier molecular flexibility index (Phi) is 27.6. The Morgan fingerprint density at radius 3 is 1.98 bits per heavy atom. The predicted molar refractivity (Wildman–Crippen MR) is 330 cm³/mol. The van der Waals surface area contributed by atoms with E-state index >= 15 is 0 Å². The molecule has 8 rings (SSSR count). The van der Waals surface area contributed by atoms with Gasteiger partial charge in [-0.3, -0.25) is 43.4 Å². The van der Waals surface area contributed by atoms with Crippen LogP contribution in [-0.2, 0) is 54.1 Å². The van der Waals surface area contributed by atoms with Crippen LogP contribution in [0.5, 0.6) is 17.2 Å². The minimum Gasteiger partial charge on any atom is -0.691 e. The number of hydrogen-bond acceptors (Lipinski definition) is 25. The smallest absolute Gasteiger partial charge is 0.691 e. The molecular weight excluding hydrogens is 1300 g/mol. The Balaban J connectivity index is 0.0000128. The third-order valence-electron chi connectivity index (χ3n) is 16.0. The van der Waals surface area contributed by atoms with E-state index in [0.717, 1.165) is 64.1 Å². The van der Waals surface area contributed by atoms with Gasteiger partial charge in [0, 0.05) is 75.2 Å². The van der Waals surface area contributed by atoms with Crippen LogP contribution in [0.1, 0.15) is 61.9 Å². The number of aliphatic hydroxyl groups excluding tert-OH is 6. The molecule has 31 nitrogen and oxygen atoms in total. The van der Waals surface area contributed by atoms with Crippen LogP contribution in [0.4, 0.5) is 0 Å². The number of carbonyl (C=O) groups excluding carboxylic acids is 8. The number of β-amino-alcohol motifs (C(OH)–C–C–N with tert-alkyl or cyclic N) is 1. The molecule has 14 N–H and O–H groups in total. The second-order valence-corrected chi connectivity index (χ2v) is 24.3. The van der Waals surface area contributed by atoms with Crippen molar-refractivity contribution >= 4 is 70.9 Å². The molecule has 506 valence electrons. The van der Waals surface area contributed by atoms with Crippen LogP contribution >= 0.6 is 23.7 Å². The number of hydrogen-bond donors (Lipinski definition) is 13. The molecule has 5 aromatic rings. The third kappa shape index (κ3) is 19.6. The second-order valence-electron chi connectivity index (χ2n) is 22.9. The molecule has 12 unspecified atom stereocenters. The fraction of sp³-hybridized carbons (Fsp3) is 0.443. The number of nitrogens with zero attached hydrogens (tertiary/aromatic N) is 4. The van der Waals surface area contributed by atoms with Crippen molar-refractivity contribution in [2.24, 2.45) is 11.7 Å². The number of phenolic OH excluding ortho intramolecular Hbond substituents is 1. The van der Waals surface area contributed by atoms with Crippen molar-refractivity contribution in [1.29, 1.82) is 0 Å². The van der Waals surface area contributed by atoms with Crippen LogP contribution in [0.3, 0.4) is 0 Å². The maximum Gasteiger partial charge on any atom is 1.00 e. The van der Waals surface area contributed by atoms with Crippen molar-refractivity contribution in [3.05, 3.63) is 102 Å². The minimum atomic E-state index is -2.23. The number of aromatic nitrogens is 2. The SMILES string of the molecule is COCCCCOc1ccc(-c2ccc(-c3nnc(-c4ccc(C(=O)N[C@H]5CC(O)CNC(=O)C6C(O)C(C)CN6C(=O)C(C(O)CC(N)=O)NC(=O)C(C(O)Cc6ccc(O)c(OSOO[O-])c6)NC(=O)C6CC(O)CN6C(=O)C(C(C)O)NC5=O)cc4)s3)cc2)cc1.[Na+]. The van der Waals surface area contributed by atoms with Crippen LogP contribution in [0.25, 0.3) is 32.3 Å². The van der Waals surface area contributed by atoms with Gasteiger partial charge in [-0.2, -0.15) is 0 Å². The van der Waals surface area contributed by atoms with Crippen LogP contribution in [0, 0.1) is 5.92 Å². The van der Waals surface area contributed by atoms with Crippen LogP contribution in [0.15, 0.2) is 91.0 Å². The predicted octanol–water partition coefficient (Wildman–Crippen LogP) is -4.96. The first-order valence-electron chi connectivity index (χ1n) is 29.8. The topological polar surface area (TPSA) is 466 Å². The second kappa shape index (κ2) is 35.0. The van der Waals surface area contributed by atoms with Gasteiger partial charge >= 0.3 is 29.6 Å². The maximum absolute atomic E-state index is 14.7. The van der Waals surface area contributed by atoms with Gasteiger partial charge in [0.15, 0.2) is 11.5 Å². The van der Waals surface area contributed by atoms with Gasteiger partial charge in [-0.25, -0.2) is 0 Å². The zero-order chi connectivity index (χ0) is 67.9. The molecule has 3 aliphatic rings. The molecule has 3 fully saturated rings. The van der Waals surface area contributed by atoms with Gasteiger partial charge in [0.05, 0.1) is 49.7 Å². The first-order valence-corrected chi connectivity index (χ1v) is 31.3. The first kappa shape index (κ1) is 74.9. The van der Waals surface area contributed by atoms with Gasteiger partial charge in [0.2, 0.25) is 41.4 Å². The first-order chi connectivity index (χ1) is 44.9. The molecule has 0 aliphatic carbocycles. The molecule has 1 aromatic heterocycles. The zero-order valence-electron chi connectivity index (χ0n) is 52.0. The monoisotopic (exact) mass is 1370 g/mol. The number of nitrogens with two attached hydrogens (primary N) is 1. The van der Waals surface area contributed by atoms with Gasteiger partial charge in [-0.05, 0) is 72.9 Å². The molecule has 4 heterocycles. The summed E-state index contributed by atoms with van der Waals surface area (Å²) in [4.78, 5) is 115. The molecule has 0 saturated carbocycles. The average Bonchev–Trinajstić information content (AvgIpc) is 1.69. The number of aromatic hydroxyl groups is 1. The molecule has 4 aromatic carbocycles. The molecule has 0 radical (unpaired) electrons. The van der Waals surface area contributed by atoms with Gasteiger partial charge in [-0.1, -0.05) is 72.9 Å². The van der Waals surface area contributed by atoms with Gasteiger partial charge in [-0.15, -0.1) is 14.5 Å². The summed E-state index contributed by atoms with van der Waals surface area (Å²) in [6.07, 6.45) is -11.9. The average molecular weight is 1370 g/mol. The van der Waals surface area contributed by atoms with Gasteiger partial charge < -0.3 is 96.8 Å². The Bertz CT molecular complexity index is 3470. The number of ether oxygens (including phenoxy) is 2. The molecule has 8 amide bonds. The largest absolute Gasteiger partial charge is 1.00 e.